The second-order valence-electron chi connectivity index (χ2n) is 5.94. The minimum Gasteiger partial charge on any atom is -0.354 e. The molecule has 124 valence electrons. The predicted molar refractivity (Wildman–Crippen MR) is 93.3 cm³/mol. The zero-order chi connectivity index (χ0) is 16.5. The van der Waals surface area contributed by atoms with E-state index < -0.39 is 0 Å². The van der Waals surface area contributed by atoms with E-state index in [9.17, 15) is 4.79 Å². The Bertz CT molecular complexity index is 872. The lowest BCUT2D eigenvalue weighted by molar-refractivity contribution is 0.0923. The Morgan fingerprint density at radius 2 is 2.29 bits per heavy atom. The monoisotopic (exact) mass is 342 g/mol. The average Bonchev–Trinajstić information content (AvgIpc) is 3.23. The zero-order valence-corrected chi connectivity index (χ0v) is 14.2. The van der Waals surface area contributed by atoms with E-state index >= 15 is 0 Å². The van der Waals surface area contributed by atoms with Crippen molar-refractivity contribution in [1.82, 2.24) is 25.1 Å². The molecule has 1 aliphatic rings. The van der Waals surface area contributed by atoms with E-state index in [0.717, 1.165) is 42.0 Å². The van der Waals surface area contributed by atoms with Crippen molar-refractivity contribution in [3.05, 3.63) is 35.7 Å². The molecule has 0 radical (unpaired) electrons. The Morgan fingerprint density at radius 3 is 3.12 bits per heavy atom. The molecule has 1 amide bonds. The summed E-state index contributed by atoms with van der Waals surface area (Å²) >= 11 is 1.62. The third-order valence-corrected chi connectivity index (χ3v) is 5.17. The second-order valence-corrected chi connectivity index (χ2v) is 6.83. The lowest BCUT2D eigenvalue weighted by atomic mass is 10.1. The number of fused-ring (bicyclic) bond motifs is 1. The highest BCUT2D eigenvalue weighted by atomic mass is 32.1. The van der Waals surface area contributed by atoms with Crippen molar-refractivity contribution in [3.8, 4) is 0 Å². The predicted octanol–water partition coefficient (Wildman–Crippen LogP) is 1.82. The van der Waals surface area contributed by atoms with Gasteiger partial charge in [-0.2, -0.15) is 5.10 Å². The molecular weight excluding hydrogens is 324 g/mol. The molecule has 4 heterocycles. The van der Waals surface area contributed by atoms with Gasteiger partial charge in [-0.1, -0.05) is 0 Å². The molecular formula is C16H18N6OS. The number of carbonyl (C=O) groups excluding carboxylic acids is 1. The van der Waals surface area contributed by atoms with Gasteiger partial charge in [-0.15, -0.1) is 11.3 Å². The van der Waals surface area contributed by atoms with Gasteiger partial charge in [-0.3, -0.25) is 9.48 Å². The molecule has 1 unspecified atom stereocenters. The average molecular weight is 342 g/mol. The Balaban J connectivity index is 1.51. The van der Waals surface area contributed by atoms with Crippen LogP contribution in [0.25, 0.3) is 10.2 Å². The molecule has 24 heavy (non-hydrogen) atoms. The fourth-order valence-corrected chi connectivity index (χ4v) is 3.90. The molecule has 1 atom stereocenters. The number of rotatable bonds is 3. The zero-order valence-electron chi connectivity index (χ0n) is 13.3. The van der Waals surface area contributed by atoms with Gasteiger partial charge in [-0.25, -0.2) is 9.97 Å². The Labute approximate surface area is 143 Å². The summed E-state index contributed by atoms with van der Waals surface area (Å²) in [5, 5.41) is 10.3. The minimum absolute atomic E-state index is 0.0785. The van der Waals surface area contributed by atoms with Gasteiger partial charge in [0.25, 0.3) is 5.91 Å². The van der Waals surface area contributed by atoms with Gasteiger partial charge in [-0.05, 0) is 30.4 Å². The molecule has 1 N–H and O–H groups in total. The number of amides is 1. The molecule has 0 bridgehead atoms. The van der Waals surface area contributed by atoms with Crippen molar-refractivity contribution in [2.24, 2.45) is 7.05 Å². The van der Waals surface area contributed by atoms with Crippen LogP contribution >= 0.6 is 11.3 Å². The molecule has 8 heteroatoms. The molecule has 0 aromatic carbocycles. The number of carbonyl (C=O) groups is 1. The number of nitrogens with zero attached hydrogens (tertiary/aromatic N) is 5. The Morgan fingerprint density at radius 1 is 1.38 bits per heavy atom. The van der Waals surface area contributed by atoms with Gasteiger partial charge in [0, 0.05) is 32.4 Å². The van der Waals surface area contributed by atoms with Crippen molar-refractivity contribution in [1.29, 1.82) is 0 Å². The summed E-state index contributed by atoms with van der Waals surface area (Å²) in [4.78, 5) is 24.4. The first-order valence-electron chi connectivity index (χ1n) is 7.94. The third-order valence-electron chi connectivity index (χ3n) is 4.35. The van der Waals surface area contributed by atoms with E-state index in [0.29, 0.717) is 5.69 Å². The highest BCUT2D eigenvalue weighted by Gasteiger charge is 2.24. The van der Waals surface area contributed by atoms with Crippen molar-refractivity contribution >= 4 is 33.3 Å². The molecule has 0 saturated carbocycles. The molecule has 1 saturated heterocycles. The normalized spacial score (nSPS) is 18.0. The van der Waals surface area contributed by atoms with Gasteiger partial charge >= 0.3 is 0 Å². The van der Waals surface area contributed by atoms with Crippen LogP contribution in [0.3, 0.4) is 0 Å². The van der Waals surface area contributed by atoms with Crippen LogP contribution in [-0.2, 0) is 7.05 Å². The molecule has 0 spiro atoms. The van der Waals surface area contributed by atoms with E-state index in [1.807, 2.05) is 5.38 Å². The highest BCUT2D eigenvalue weighted by molar-refractivity contribution is 7.16. The summed E-state index contributed by atoms with van der Waals surface area (Å²) < 4.78 is 1.59. The van der Waals surface area contributed by atoms with E-state index in [-0.39, 0.29) is 11.9 Å². The summed E-state index contributed by atoms with van der Waals surface area (Å²) in [6.45, 7) is 1.70. The molecule has 3 aromatic heterocycles. The number of hydrogen-bond acceptors (Lipinski definition) is 6. The Kier molecular flexibility index (Phi) is 3.89. The van der Waals surface area contributed by atoms with Crippen molar-refractivity contribution in [2.75, 3.05) is 18.0 Å². The smallest absolute Gasteiger partial charge is 0.269 e. The maximum Gasteiger partial charge on any atom is 0.269 e. The van der Waals surface area contributed by atoms with Gasteiger partial charge in [0.05, 0.1) is 5.39 Å². The SMILES string of the molecule is Cn1nccc1C(=O)NC1CCCN(c2ncnc3sccc23)C1. The lowest BCUT2D eigenvalue weighted by Gasteiger charge is -2.34. The van der Waals surface area contributed by atoms with Crippen LogP contribution in [-0.4, -0.2) is 44.8 Å². The first-order valence-corrected chi connectivity index (χ1v) is 8.82. The van der Waals surface area contributed by atoms with Crippen molar-refractivity contribution < 1.29 is 4.79 Å². The van der Waals surface area contributed by atoms with Crippen LogP contribution in [0, 0.1) is 0 Å². The number of aryl methyl sites for hydroxylation is 1. The summed E-state index contributed by atoms with van der Waals surface area (Å²) in [6, 6.07) is 3.90. The number of thiophene rings is 1. The second kappa shape index (κ2) is 6.20. The summed E-state index contributed by atoms with van der Waals surface area (Å²) in [5.74, 6) is 0.881. The number of anilines is 1. The number of aromatic nitrogens is 4. The van der Waals surface area contributed by atoms with Crippen LogP contribution in [0.4, 0.5) is 5.82 Å². The third kappa shape index (κ3) is 2.73. The number of hydrogen-bond donors (Lipinski definition) is 1. The molecule has 4 rings (SSSR count). The largest absolute Gasteiger partial charge is 0.354 e. The minimum atomic E-state index is -0.0785. The molecule has 1 fully saturated rings. The van der Waals surface area contributed by atoms with Crippen LogP contribution in [0.15, 0.2) is 30.0 Å². The Hall–Kier alpha value is -2.48. The standard InChI is InChI=1S/C16H18N6OS/c1-21-13(4-6-19-21)15(23)20-11-3-2-7-22(9-11)14-12-5-8-24-16(12)18-10-17-14/h4-6,8,10-11H,2-3,7,9H2,1H3,(H,20,23). The highest BCUT2D eigenvalue weighted by Crippen LogP contribution is 2.28. The fourth-order valence-electron chi connectivity index (χ4n) is 3.17. The first-order chi connectivity index (χ1) is 11.7. The van der Waals surface area contributed by atoms with Gasteiger partial charge in [0.2, 0.25) is 0 Å². The van der Waals surface area contributed by atoms with E-state index in [2.05, 4.69) is 31.3 Å². The maximum atomic E-state index is 12.4. The summed E-state index contributed by atoms with van der Waals surface area (Å²) in [5.41, 5.74) is 0.578. The van der Waals surface area contributed by atoms with Gasteiger partial charge in [0.1, 0.15) is 22.7 Å². The number of piperidine rings is 1. The maximum absolute atomic E-state index is 12.4. The summed E-state index contributed by atoms with van der Waals surface area (Å²) in [7, 11) is 1.77. The fraction of sp³-hybridized carbons (Fsp3) is 0.375. The van der Waals surface area contributed by atoms with Gasteiger partial charge in [0.15, 0.2) is 0 Å². The topological polar surface area (TPSA) is 75.9 Å². The molecule has 3 aromatic rings. The van der Waals surface area contributed by atoms with Crippen LogP contribution < -0.4 is 10.2 Å². The van der Waals surface area contributed by atoms with Crippen molar-refractivity contribution in [2.45, 2.75) is 18.9 Å². The number of nitrogens with one attached hydrogen (secondary N) is 1. The van der Waals surface area contributed by atoms with Crippen LogP contribution in [0.2, 0.25) is 0 Å². The van der Waals surface area contributed by atoms with E-state index in [1.54, 1.807) is 41.7 Å². The molecule has 1 aliphatic heterocycles. The molecule has 0 aliphatic carbocycles. The van der Waals surface area contributed by atoms with Crippen LogP contribution in [0.5, 0.6) is 0 Å². The summed E-state index contributed by atoms with van der Waals surface area (Å²) in [6.07, 6.45) is 5.24. The lowest BCUT2D eigenvalue weighted by Crippen LogP contribution is -2.48. The van der Waals surface area contributed by atoms with Crippen molar-refractivity contribution in [3.63, 3.8) is 0 Å². The molecule has 7 nitrogen and oxygen atoms in total. The van der Waals surface area contributed by atoms with E-state index in [4.69, 9.17) is 0 Å². The van der Waals surface area contributed by atoms with Crippen LogP contribution in [0.1, 0.15) is 23.3 Å². The van der Waals surface area contributed by atoms with E-state index in [1.165, 1.54) is 0 Å². The van der Waals surface area contributed by atoms with Gasteiger partial charge < -0.3 is 10.2 Å². The first kappa shape index (κ1) is 15.1. The quantitative estimate of drug-likeness (QED) is 0.786.